The van der Waals surface area contributed by atoms with Crippen LogP contribution in [0.1, 0.15) is 21.5 Å². The van der Waals surface area contributed by atoms with Gasteiger partial charge in [-0.05, 0) is 39.7 Å². The fraction of sp³-hybridized carbons (Fsp3) is 0.118. The zero-order valence-electron chi connectivity index (χ0n) is 13.5. The van der Waals surface area contributed by atoms with Crippen LogP contribution in [0, 0.1) is 5.82 Å². The number of amides is 1. The Balaban J connectivity index is 1.70. The summed E-state index contributed by atoms with van der Waals surface area (Å²) in [4.78, 5) is 19.8. The number of rotatable bonds is 4. The molecule has 0 saturated carbocycles. The van der Waals surface area contributed by atoms with E-state index < -0.39 is 23.5 Å². The number of halogens is 5. The van der Waals surface area contributed by atoms with E-state index in [0.29, 0.717) is 5.56 Å². The molecule has 1 aromatic carbocycles. The summed E-state index contributed by atoms with van der Waals surface area (Å²) in [7, 11) is 0. The van der Waals surface area contributed by atoms with E-state index in [9.17, 15) is 22.4 Å². The molecule has 0 bridgehead atoms. The van der Waals surface area contributed by atoms with Gasteiger partial charge in [0.05, 0.1) is 17.5 Å². The van der Waals surface area contributed by atoms with Gasteiger partial charge < -0.3 is 9.88 Å². The number of benzene rings is 1. The Morgan fingerprint density at radius 3 is 2.70 bits per heavy atom. The molecule has 0 fully saturated rings. The van der Waals surface area contributed by atoms with Crippen LogP contribution in [0.4, 0.5) is 23.4 Å². The van der Waals surface area contributed by atoms with Crippen molar-refractivity contribution in [3.8, 4) is 0 Å². The number of aromatic nitrogens is 3. The lowest BCUT2D eigenvalue weighted by Crippen LogP contribution is -2.13. The minimum absolute atomic E-state index is 0.00290. The third-order valence-corrected chi connectivity index (χ3v) is 4.14. The number of imidazole rings is 1. The molecule has 2 heterocycles. The predicted molar refractivity (Wildman–Crippen MR) is 92.6 cm³/mol. The Labute approximate surface area is 159 Å². The molecule has 0 atom stereocenters. The molecule has 0 unspecified atom stereocenters. The molecular weight excluding hydrogens is 432 g/mol. The molecule has 27 heavy (non-hydrogen) atoms. The summed E-state index contributed by atoms with van der Waals surface area (Å²) >= 11 is 2.89. The normalized spacial score (nSPS) is 11.4. The van der Waals surface area contributed by atoms with Crippen LogP contribution >= 0.6 is 15.9 Å². The van der Waals surface area contributed by atoms with E-state index in [-0.39, 0.29) is 22.5 Å². The first-order chi connectivity index (χ1) is 12.7. The highest BCUT2D eigenvalue weighted by Crippen LogP contribution is 2.29. The largest absolute Gasteiger partial charge is 0.416 e. The number of nitrogens with zero attached hydrogens (tertiary/aromatic N) is 3. The second-order valence-corrected chi connectivity index (χ2v) is 6.33. The van der Waals surface area contributed by atoms with Gasteiger partial charge in [0.15, 0.2) is 11.6 Å². The van der Waals surface area contributed by atoms with Gasteiger partial charge in [-0.3, -0.25) is 4.79 Å². The van der Waals surface area contributed by atoms with E-state index in [2.05, 4.69) is 31.2 Å². The van der Waals surface area contributed by atoms with Crippen molar-refractivity contribution in [1.29, 1.82) is 0 Å². The standard InChI is InChI=1S/C17H11BrF4N4O/c18-15-13(19)5-11(6-23-15)16(27)25-14-8-26(9-24-14)7-10-2-1-3-12(4-10)17(20,21)22/h1-6,8-9H,7H2,(H,25,27). The average molecular weight is 443 g/mol. The van der Waals surface area contributed by atoms with Gasteiger partial charge in [0.1, 0.15) is 4.60 Å². The summed E-state index contributed by atoms with van der Waals surface area (Å²) in [6, 6.07) is 5.95. The van der Waals surface area contributed by atoms with Crippen LogP contribution in [0.15, 0.2) is 53.7 Å². The van der Waals surface area contributed by atoms with Crippen LogP contribution in [0.5, 0.6) is 0 Å². The molecule has 2 aromatic heterocycles. The zero-order valence-corrected chi connectivity index (χ0v) is 15.1. The second kappa shape index (κ2) is 7.47. The molecule has 140 valence electrons. The van der Waals surface area contributed by atoms with Crippen molar-refractivity contribution in [1.82, 2.24) is 14.5 Å². The van der Waals surface area contributed by atoms with E-state index in [1.165, 1.54) is 29.4 Å². The van der Waals surface area contributed by atoms with Crippen molar-refractivity contribution in [2.24, 2.45) is 0 Å². The van der Waals surface area contributed by atoms with Crippen LogP contribution in [0.25, 0.3) is 0 Å². The van der Waals surface area contributed by atoms with E-state index >= 15 is 0 Å². The molecule has 3 rings (SSSR count). The van der Waals surface area contributed by atoms with Crippen LogP contribution in [-0.2, 0) is 12.7 Å². The fourth-order valence-electron chi connectivity index (χ4n) is 2.30. The van der Waals surface area contributed by atoms with Gasteiger partial charge >= 0.3 is 6.18 Å². The van der Waals surface area contributed by atoms with Crippen molar-refractivity contribution in [2.75, 3.05) is 5.32 Å². The van der Waals surface area contributed by atoms with Gasteiger partial charge in [0.25, 0.3) is 5.91 Å². The van der Waals surface area contributed by atoms with Crippen molar-refractivity contribution in [2.45, 2.75) is 12.7 Å². The lowest BCUT2D eigenvalue weighted by atomic mass is 10.1. The Kier molecular flexibility index (Phi) is 5.26. The molecule has 0 aliphatic rings. The van der Waals surface area contributed by atoms with Gasteiger partial charge in [0, 0.05) is 18.9 Å². The molecule has 1 N–H and O–H groups in total. The zero-order chi connectivity index (χ0) is 19.6. The molecule has 10 heteroatoms. The van der Waals surface area contributed by atoms with Crippen LogP contribution in [0.2, 0.25) is 0 Å². The molecular formula is C17H11BrF4N4O. The van der Waals surface area contributed by atoms with Gasteiger partial charge in [-0.15, -0.1) is 0 Å². The number of carbonyl (C=O) groups is 1. The number of alkyl halides is 3. The number of nitrogens with one attached hydrogen (secondary N) is 1. The van der Waals surface area contributed by atoms with Gasteiger partial charge in [-0.25, -0.2) is 14.4 Å². The van der Waals surface area contributed by atoms with Crippen molar-refractivity contribution >= 4 is 27.7 Å². The van der Waals surface area contributed by atoms with Crippen LogP contribution in [0.3, 0.4) is 0 Å². The fourth-order valence-corrected chi connectivity index (χ4v) is 2.52. The Morgan fingerprint density at radius 1 is 1.22 bits per heavy atom. The molecule has 0 radical (unpaired) electrons. The molecule has 0 spiro atoms. The lowest BCUT2D eigenvalue weighted by Gasteiger charge is -2.09. The maximum atomic E-state index is 13.5. The van der Waals surface area contributed by atoms with E-state index in [4.69, 9.17) is 0 Å². The first-order valence-corrected chi connectivity index (χ1v) is 8.32. The summed E-state index contributed by atoms with van der Waals surface area (Å²) in [6.07, 6.45) is -0.392. The molecule has 0 saturated heterocycles. The molecule has 5 nitrogen and oxygen atoms in total. The summed E-state index contributed by atoms with van der Waals surface area (Å²) in [5.74, 6) is -1.12. The number of anilines is 1. The Hall–Kier alpha value is -2.75. The van der Waals surface area contributed by atoms with Crippen LogP contribution < -0.4 is 5.32 Å². The van der Waals surface area contributed by atoms with Crippen LogP contribution in [-0.4, -0.2) is 20.4 Å². The topological polar surface area (TPSA) is 59.8 Å². The molecule has 3 aromatic rings. The van der Waals surface area contributed by atoms with Gasteiger partial charge in [0.2, 0.25) is 0 Å². The summed E-state index contributed by atoms with van der Waals surface area (Å²) in [5.41, 5.74) is -0.305. The van der Waals surface area contributed by atoms with E-state index in [1.807, 2.05) is 0 Å². The molecule has 1 amide bonds. The lowest BCUT2D eigenvalue weighted by molar-refractivity contribution is -0.137. The van der Waals surface area contributed by atoms with Gasteiger partial charge in [-0.2, -0.15) is 13.2 Å². The first-order valence-electron chi connectivity index (χ1n) is 7.52. The summed E-state index contributed by atoms with van der Waals surface area (Å²) in [5, 5.41) is 2.47. The van der Waals surface area contributed by atoms with Gasteiger partial charge in [-0.1, -0.05) is 12.1 Å². The van der Waals surface area contributed by atoms with Crippen molar-refractivity contribution in [3.05, 3.63) is 76.2 Å². The highest BCUT2D eigenvalue weighted by Gasteiger charge is 2.30. The maximum Gasteiger partial charge on any atom is 0.416 e. The number of hydrogen-bond acceptors (Lipinski definition) is 3. The molecule has 0 aliphatic heterocycles. The average Bonchev–Trinajstić information content (AvgIpc) is 3.03. The van der Waals surface area contributed by atoms with Crippen molar-refractivity contribution in [3.63, 3.8) is 0 Å². The SMILES string of the molecule is O=C(Nc1cn(Cc2cccc(C(F)(F)F)c2)cn1)c1cnc(Br)c(F)c1. The number of carbonyl (C=O) groups excluding carboxylic acids is 1. The summed E-state index contributed by atoms with van der Waals surface area (Å²) < 4.78 is 53.3. The first kappa shape index (κ1) is 19.0. The van der Waals surface area contributed by atoms with E-state index in [0.717, 1.165) is 18.2 Å². The second-order valence-electron chi connectivity index (χ2n) is 5.58. The number of pyridine rings is 1. The smallest absolute Gasteiger partial charge is 0.331 e. The Morgan fingerprint density at radius 2 is 2.00 bits per heavy atom. The third kappa shape index (κ3) is 4.70. The quantitative estimate of drug-likeness (QED) is 0.478. The minimum atomic E-state index is -4.42. The maximum absolute atomic E-state index is 13.5. The minimum Gasteiger partial charge on any atom is -0.331 e. The number of hydrogen-bond donors (Lipinski definition) is 1. The Bertz CT molecular complexity index is 987. The predicted octanol–water partition coefficient (Wildman–Crippen LogP) is 4.50. The monoisotopic (exact) mass is 442 g/mol. The highest BCUT2D eigenvalue weighted by atomic mass is 79.9. The van der Waals surface area contributed by atoms with Crippen molar-refractivity contribution < 1.29 is 22.4 Å². The third-order valence-electron chi connectivity index (χ3n) is 3.55. The molecule has 0 aliphatic carbocycles. The van der Waals surface area contributed by atoms with E-state index in [1.54, 1.807) is 6.07 Å². The highest BCUT2D eigenvalue weighted by molar-refractivity contribution is 9.10. The summed E-state index contributed by atoms with van der Waals surface area (Å²) in [6.45, 7) is 0.140.